The molecule has 1 aromatic carbocycles. The molecule has 0 amide bonds. The first-order chi connectivity index (χ1) is 6.00. The number of rotatable bonds is 2. The Labute approximate surface area is 78.2 Å². The lowest BCUT2D eigenvalue weighted by Gasteiger charge is -2.09. The molecule has 0 aliphatic carbocycles. The standard InChI is InChI=1S/C11H15FO/c1-7-4-8(2)11(12)10(5-7)6-9(3)13/h4-5,9,13H,6H2,1-3H3. The number of aliphatic hydroxyl groups excluding tert-OH is 1. The van der Waals surface area contributed by atoms with E-state index in [2.05, 4.69) is 0 Å². The van der Waals surface area contributed by atoms with Gasteiger partial charge in [0.2, 0.25) is 0 Å². The van der Waals surface area contributed by atoms with Crippen LogP contribution in [-0.2, 0) is 6.42 Å². The Hall–Kier alpha value is -0.890. The van der Waals surface area contributed by atoms with Crippen molar-refractivity contribution in [2.75, 3.05) is 0 Å². The molecule has 1 rings (SSSR count). The molecule has 0 aromatic heterocycles. The van der Waals surface area contributed by atoms with Gasteiger partial charge in [0, 0.05) is 6.42 Å². The highest BCUT2D eigenvalue weighted by Gasteiger charge is 2.08. The largest absolute Gasteiger partial charge is 0.393 e. The first-order valence-corrected chi connectivity index (χ1v) is 4.44. The maximum absolute atomic E-state index is 13.4. The van der Waals surface area contributed by atoms with Crippen LogP contribution in [-0.4, -0.2) is 11.2 Å². The predicted octanol–water partition coefficient (Wildman–Crippen LogP) is 2.37. The van der Waals surface area contributed by atoms with Crippen molar-refractivity contribution < 1.29 is 9.50 Å². The average Bonchev–Trinajstić information content (AvgIpc) is 1.98. The van der Waals surface area contributed by atoms with Crippen LogP contribution in [0.25, 0.3) is 0 Å². The van der Waals surface area contributed by atoms with Crippen molar-refractivity contribution >= 4 is 0 Å². The monoisotopic (exact) mass is 182 g/mol. The predicted molar refractivity (Wildman–Crippen MR) is 51.3 cm³/mol. The zero-order valence-electron chi connectivity index (χ0n) is 8.26. The number of hydrogen-bond acceptors (Lipinski definition) is 1. The van der Waals surface area contributed by atoms with Gasteiger partial charge in [-0.05, 0) is 31.9 Å². The Morgan fingerprint density at radius 1 is 1.38 bits per heavy atom. The lowest BCUT2D eigenvalue weighted by molar-refractivity contribution is 0.194. The summed E-state index contributed by atoms with van der Waals surface area (Å²) in [5.41, 5.74) is 2.29. The molecular formula is C11H15FO. The summed E-state index contributed by atoms with van der Waals surface area (Å²) in [4.78, 5) is 0. The second-order valence-corrected chi connectivity index (χ2v) is 3.61. The molecule has 1 unspecified atom stereocenters. The van der Waals surface area contributed by atoms with E-state index in [0.29, 0.717) is 17.5 Å². The smallest absolute Gasteiger partial charge is 0.129 e. The van der Waals surface area contributed by atoms with Crippen LogP contribution in [0.15, 0.2) is 12.1 Å². The van der Waals surface area contributed by atoms with E-state index in [1.165, 1.54) is 0 Å². The molecule has 13 heavy (non-hydrogen) atoms. The third kappa shape index (κ3) is 2.52. The van der Waals surface area contributed by atoms with Crippen molar-refractivity contribution in [1.29, 1.82) is 0 Å². The zero-order chi connectivity index (χ0) is 10.0. The molecular weight excluding hydrogens is 167 g/mol. The Morgan fingerprint density at radius 3 is 2.54 bits per heavy atom. The normalized spacial score (nSPS) is 13.0. The summed E-state index contributed by atoms with van der Waals surface area (Å²) in [6.45, 7) is 5.34. The molecule has 0 spiro atoms. The molecule has 0 heterocycles. The highest BCUT2D eigenvalue weighted by molar-refractivity contribution is 5.30. The molecule has 0 fully saturated rings. The summed E-state index contributed by atoms with van der Waals surface area (Å²) in [7, 11) is 0. The molecule has 0 radical (unpaired) electrons. The lowest BCUT2D eigenvalue weighted by Crippen LogP contribution is -2.07. The summed E-state index contributed by atoms with van der Waals surface area (Å²) in [5, 5.41) is 9.15. The van der Waals surface area contributed by atoms with Gasteiger partial charge >= 0.3 is 0 Å². The molecule has 0 bridgehead atoms. The van der Waals surface area contributed by atoms with Crippen molar-refractivity contribution in [2.24, 2.45) is 0 Å². The number of aliphatic hydroxyl groups is 1. The van der Waals surface area contributed by atoms with Gasteiger partial charge in [-0.1, -0.05) is 17.7 Å². The third-order valence-corrected chi connectivity index (χ3v) is 1.99. The van der Waals surface area contributed by atoms with E-state index < -0.39 is 6.10 Å². The van der Waals surface area contributed by atoms with Crippen molar-refractivity contribution in [3.63, 3.8) is 0 Å². The third-order valence-electron chi connectivity index (χ3n) is 1.99. The molecule has 0 saturated heterocycles. The fraction of sp³-hybridized carbons (Fsp3) is 0.455. The van der Waals surface area contributed by atoms with Crippen LogP contribution in [0.1, 0.15) is 23.6 Å². The Balaban J connectivity index is 3.05. The van der Waals surface area contributed by atoms with Crippen LogP contribution in [0.3, 0.4) is 0 Å². The second-order valence-electron chi connectivity index (χ2n) is 3.61. The van der Waals surface area contributed by atoms with Crippen molar-refractivity contribution in [3.8, 4) is 0 Å². The van der Waals surface area contributed by atoms with Crippen molar-refractivity contribution in [1.82, 2.24) is 0 Å². The molecule has 0 saturated carbocycles. The van der Waals surface area contributed by atoms with Crippen LogP contribution in [0.2, 0.25) is 0 Å². The molecule has 1 nitrogen and oxygen atoms in total. The van der Waals surface area contributed by atoms with E-state index in [1.807, 2.05) is 6.92 Å². The molecule has 1 atom stereocenters. The van der Waals surface area contributed by atoms with Crippen LogP contribution < -0.4 is 0 Å². The summed E-state index contributed by atoms with van der Waals surface area (Å²) >= 11 is 0. The number of benzene rings is 1. The van der Waals surface area contributed by atoms with Gasteiger partial charge in [-0.25, -0.2) is 4.39 Å². The fourth-order valence-electron chi connectivity index (χ4n) is 1.50. The van der Waals surface area contributed by atoms with Crippen LogP contribution in [0.4, 0.5) is 4.39 Å². The maximum atomic E-state index is 13.4. The molecule has 72 valence electrons. The number of aryl methyl sites for hydroxylation is 2. The van der Waals surface area contributed by atoms with Crippen molar-refractivity contribution in [2.45, 2.75) is 33.3 Å². The molecule has 0 aliphatic rings. The van der Waals surface area contributed by atoms with Gasteiger partial charge in [0.15, 0.2) is 0 Å². The van der Waals surface area contributed by atoms with Gasteiger partial charge < -0.3 is 5.11 Å². The van der Waals surface area contributed by atoms with Crippen LogP contribution in [0.5, 0.6) is 0 Å². The fourth-order valence-corrected chi connectivity index (χ4v) is 1.50. The minimum absolute atomic E-state index is 0.188. The van der Waals surface area contributed by atoms with E-state index in [1.54, 1.807) is 26.0 Å². The number of hydrogen-bond donors (Lipinski definition) is 1. The van der Waals surface area contributed by atoms with Gasteiger partial charge in [-0.3, -0.25) is 0 Å². The topological polar surface area (TPSA) is 20.2 Å². The maximum Gasteiger partial charge on any atom is 0.129 e. The van der Waals surface area contributed by atoms with Gasteiger partial charge in [0.05, 0.1) is 6.10 Å². The Bertz CT molecular complexity index is 305. The first-order valence-electron chi connectivity index (χ1n) is 4.44. The van der Waals surface area contributed by atoms with E-state index in [-0.39, 0.29) is 5.82 Å². The van der Waals surface area contributed by atoms with Gasteiger partial charge in [-0.2, -0.15) is 0 Å². The minimum Gasteiger partial charge on any atom is -0.393 e. The summed E-state index contributed by atoms with van der Waals surface area (Å²) in [6, 6.07) is 3.59. The van der Waals surface area contributed by atoms with Gasteiger partial charge in [-0.15, -0.1) is 0 Å². The Kier molecular flexibility index (Phi) is 3.04. The highest BCUT2D eigenvalue weighted by Crippen LogP contribution is 2.16. The first kappa shape index (κ1) is 10.2. The van der Waals surface area contributed by atoms with Gasteiger partial charge in [0.1, 0.15) is 5.82 Å². The van der Waals surface area contributed by atoms with E-state index in [4.69, 9.17) is 5.11 Å². The second kappa shape index (κ2) is 3.88. The van der Waals surface area contributed by atoms with Crippen LogP contribution in [0, 0.1) is 19.7 Å². The van der Waals surface area contributed by atoms with Crippen LogP contribution >= 0.6 is 0 Å². The lowest BCUT2D eigenvalue weighted by atomic mass is 10.0. The molecule has 0 aliphatic heterocycles. The van der Waals surface area contributed by atoms with Crippen molar-refractivity contribution in [3.05, 3.63) is 34.6 Å². The number of halogens is 1. The molecule has 1 N–H and O–H groups in total. The summed E-state index contributed by atoms with van der Waals surface area (Å²) < 4.78 is 13.4. The van der Waals surface area contributed by atoms with E-state index in [9.17, 15) is 4.39 Å². The minimum atomic E-state index is -0.490. The van der Waals surface area contributed by atoms with Gasteiger partial charge in [0.25, 0.3) is 0 Å². The van der Waals surface area contributed by atoms with E-state index >= 15 is 0 Å². The average molecular weight is 182 g/mol. The zero-order valence-corrected chi connectivity index (χ0v) is 8.26. The van der Waals surface area contributed by atoms with E-state index in [0.717, 1.165) is 5.56 Å². The highest BCUT2D eigenvalue weighted by atomic mass is 19.1. The molecule has 2 heteroatoms. The quantitative estimate of drug-likeness (QED) is 0.744. The molecule has 1 aromatic rings. The Morgan fingerprint density at radius 2 is 2.00 bits per heavy atom. The summed E-state index contributed by atoms with van der Waals surface area (Å²) in [5.74, 6) is -0.188. The SMILES string of the molecule is Cc1cc(C)c(F)c(CC(C)O)c1. The summed E-state index contributed by atoms with van der Waals surface area (Å²) in [6.07, 6.45) is -0.107.